The number of phenols is 1. The molecule has 0 bridgehead atoms. The molecule has 2 aliphatic heterocycles. The zero-order valence-corrected chi connectivity index (χ0v) is 29.9. The number of hydrogen-bond acceptors (Lipinski definition) is 10. The van der Waals surface area contributed by atoms with E-state index in [-0.39, 0.29) is 24.3 Å². The van der Waals surface area contributed by atoms with Gasteiger partial charge in [0.2, 0.25) is 23.6 Å². The normalized spacial score (nSPS) is 27.1. The van der Waals surface area contributed by atoms with Crippen molar-refractivity contribution in [3.63, 3.8) is 0 Å². The molecule has 2 aromatic carbocycles. The predicted molar refractivity (Wildman–Crippen MR) is 187 cm³/mol. The van der Waals surface area contributed by atoms with Crippen LogP contribution in [0.4, 0.5) is 10.6 Å². The third-order valence-electron chi connectivity index (χ3n) is 11.4. The van der Waals surface area contributed by atoms with E-state index in [2.05, 4.69) is 0 Å². The van der Waals surface area contributed by atoms with Crippen LogP contribution in [0.25, 0.3) is 20.7 Å². The molecule has 4 aliphatic rings. The third kappa shape index (κ3) is 4.50. The van der Waals surface area contributed by atoms with E-state index >= 15 is 0 Å². The second-order valence-corrected chi connectivity index (χ2v) is 15.3. The highest BCUT2D eigenvalue weighted by molar-refractivity contribution is 7.22. The van der Waals surface area contributed by atoms with Crippen LogP contribution in [0, 0.1) is 36.0 Å². The highest BCUT2D eigenvalue weighted by Crippen LogP contribution is 2.64. The van der Waals surface area contributed by atoms with Gasteiger partial charge >= 0.3 is 6.09 Å². The van der Waals surface area contributed by atoms with Gasteiger partial charge in [-0.1, -0.05) is 29.3 Å². The first-order valence-electron chi connectivity index (χ1n) is 16.5. The van der Waals surface area contributed by atoms with Crippen molar-refractivity contribution in [2.75, 3.05) is 19.1 Å². The lowest BCUT2D eigenvalue weighted by Crippen LogP contribution is -2.49. The maximum atomic E-state index is 15.0. The summed E-state index contributed by atoms with van der Waals surface area (Å²) in [7, 11) is 4.21. The molecule has 1 N–H and O–H groups in total. The number of ether oxygens (including phenoxy) is 2. The summed E-state index contributed by atoms with van der Waals surface area (Å²) in [4.78, 5) is 72.1. The second-order valence-electron chi connectivity index (χ2n) is 13.8. The average Bonchev–Trinajstić information content (AvgIpc) is 3.78. The summed E-state index contributed by atoms with van der Waals surface area (Å²) in [5, 5.41) is 16.8. The van der Waals surface area contributed by atoms with Crippen molar-refractivity contribution in [1.29, 1.82) is 0 Å². The van der Waals surface area contributed by atoms with E-state index in [4.69, 9.17) is 26.2 Å². The van der Waals surface area contributed by atoms with Crippen LogP contribution >= 0.6 is 22.9 Å². The van der Waals surface area contributed by atoms with E-state index in [1.807, 2.05) is 31.2 Å². The first-order chi connectivity index (χ1) is 24.3. The quantitative estimate of drug-likeness (QED) is 0.198. The molecule has 14 heteroatoms. The van der Waals surface area contributed by atoms with Gasteiger partial charge < -0.3 is 14.6 Å². The molecule has 12 nitrogen and oxygen atoms in total. The molecule has 2 saturated heterocycles. The van der Waals surface area contributed by atoms with Crippen LogP contribution in [0.3, 0.4) is 0 Å². The van der Waals surface area contributed by atoms with E-state index < -0.39 is 64.7 Å². The minimum atomic E-state index is -1.34. The van der Waals surface area contributed by atoms with E-state index in [9.17, 15) is 29.1 Å². The van der Waals surface area contributed by atoms with Gasteiger partial charge in [0, 0.05) is 28.8 Å². The van der Waals surface area contributed by atoms with Gasteiger partial charge in [0.15, 0.2) is 11.5 Å². The summed E-state index contributed by atoms with van der Waals surface area (Å²) in [6.07, 6.45) is 1.09. The van der Waals surface area contributed by atoms with Crippen molar-refractivity contribution in [2.24, 2.45) is 36.1 Å². The van der Waals surface area contributed by atoms with Crippen LogP contribution in [0.5, 0.6) is 11.5 Å². The summed E-state index contributed by atoms with van der Waals surface area (Å²) in [5.74, 6) is -5.84. The lowest BCUT2D eigenvalue weighted by Gasteiger charge is -2.49. The molecule has 51 heavy (non-hydrogen) atoms. The number of nitrogens with zero attached hydrogens (tertiary/aromatic N) is 4. The first-order valence-corrected chi connectivity index (χ1v) is 17.6. The predicted octanol–water partition coefficient (Wildman–Crippen LogP) is 5.97. The Morgan fingerprint density at radius 3 is 2.53 bits per heavy atom. The fraction of sp³-hybridized carbons (Fsp3) is 0.351. The molecule has 262 valence electrons. The number of aromatic hydroxyl groups is 1. The highest BCUT2D eigenvalue weighted by atomic mass is 35.5. The lowest BCUT2D eigenvalue weighted by molar-refractivity contribution is -0.138. The maximum Gasteiger partial charge on any atom is 0.423 e. The fourth-order valence-electron chi connectivity index (χ4n) is 8.97. The Balaban J connectivity index is 1.26. The van der Waals surface area contributed by atoms with Gasteiger partial charge in [-0.05, 0) is 79.5 Å². The Labute approximate surface area is 301 Å². The van der Waals surface area contributed by atoms with Crippen molar-refractivity contribution < 1.29 is 38.6 Å². The molecule has 0 radical (unpaired) electrons. The molecule has 6 atom stereocenters. The van der Waals surface area contributed by atoms with Crippen LogP contribution in [0.1, 0.15) is 36.8 Å². The van der Waals surface area contributed by atoms with E-state index in [0.29, 0.717) is 27.0 Å². The van der Waals surface area contributed by atoms with Gasteiger partial charge in [-0.15, -0.1) is 11.3 Å². The number of carbonyl (C=O) groups is 5. The number of amides is 5. The molecule has 2 aliphatic carbocycles. The number of likely N-dealkylation sites (tertiary alicyclic amines) is 1. The smallest absolute Gasteiger partial charge is 0.423 e. The molecule has 1 saturated carbocycles. The molecule has 4 aromatic rings. The van der Waals surface area contributed by atoms with Gasteiger partial charge in [0.25, 0.3) is 0 Å². The summed E-state index contributed by atoms with van der Waals surface area (Å²) in [5.41, 5.74) is 1.56. The third-order valence-corrected chi connectivity index (χ3v) is 12.9. The number of aromatic nitrogens is 2. The SMILES string of the molecule is COC(=O)N1C(=O)C2CC=C3C(CC4C(=O)N(c5cc(-c6sc7ccc(Cl)cc7c6C)nn5C)C(=O)C4(C)C3c3ccc(O)c(OC)c3)C2C1=O. The zero-order valence-electron chi connectivity index (χ0n) is 28.3. The Morgan fingerprint density at radius 1 is 1.04 bits per heavy atom. The molecule has 5 amide bonds. The highest BCUT2D eigenvalue weighted by Gasteiger charge is 2.68. The van der Waals surface area contributed by atoms with Gasteiger partial charge in [-0.2, -0.15) is 10.00 Å². The number of thiophene rings is 1. The number of hydrogen-bond donors (Lipinski definition) is 1. The molecule has 0 spiro atoms. The van der Waals surface area contributed by atoms with Crippen LogP contribution in [-0.4, -0.2) is 63.7 Å². The fourth-order valence-corrected chi connectivity index (χ4v) is 10.3. The maximum absolute atomic E-state index is 15.0. The number of allylic oxidation sites excluding steroid dienone is 2. The number of methoxy groups -OCH3 is 2. The van der Waals surface area contributed by atoms with E-state index in [0.717, 1.165) is 33.2 Å². The van der Waals surface area contributed by atoms with E-state index in [1.54, 1.807) is 43.5 Å². The summed E-state index contributed by atoms with van der Waals surface area (Å²) in [6, 6.07) is 12.2. The molecule has 6 unspecified atom stereocenters. The Hall–Kier alpha value is -5.01. The largest absolute Gasteiger partial charge is 0.504 e. The molecular formula is C37H33ClN4O8S. The molecule has 4 heterocycles. The summed E-state index contributed by atoms with van der Waals surface area (Å²) >= 11 is 7.83. The number of imide groups is 4. The lowest BCUT2D eigenvalue weighted by atomic mass is 9.51. The van der Waals surface area contributed by atoms with Crippen molar-refractivity contribution in [1.82, 2.24) is 14.7 Å². The van der Waals surface area contributed by atoms with Crippen LogP contribution in [-0.2, 0) is 31.0 Å². The van der Waals surface area contributed by atoms with Crippen molar-refractivity contribution in [2.45, 2.75) is 32.6 Å². The summed E-state index contributed by atoms with van der Waals surface area (Å²) < 4.78 is 12.8. The van der Waals surface area contributed by atoms with Gasteiger partial charge in [-0.25, -0.2) is 9.69 Å². The number of benzene rings is 2. The van der Waals surface area contributed by atoms with Gasteiger partial charge in [0.05, 0.1) is 42.3 Å². The first kappa shape index (κ1) is 33.2. The monoisotopic (exact) mass is 728 g/mol. The number of aryl methyl sites for hydroxylation is 2. The number of phenolic OH excluding ortho intramolecular Hbond substituents is 1. The Bertz CT molecular complexity index is 2280. The molecule has 8 rings (SSSR count). The Morgan fingerprint density at radius 2 is 1.80 bits per heavy atom. The summed E-state index contributed by atoms with van der Waals surface area (Å²) in [6.45, 7) is 3.75. The average molecular weight is 729 g/mol. The number of halogens is 1. The van der Waals surface area contributed by atoms with Gasteiger partial charge in [-0.3, -0.25) is 23.9 Å². The minimum absolute atomic E-state index is 0.102. The van der Waals surface area contributed by atoms with E-state index in [1.165, 1.54) is 22.8 Å². The Kier molecular flexibility index (Phi) is 7.48. The number of anilines is 1. The van der Waals surface area contributed by atoms with Crippen LogP contribution in [0.15, 0.2) is 54.1 Å². The van der Waals surface area contributed by atoms with Crippen molar-refractivity contribution in [3.05, 3.63) is 70.3 Å². The molecule has 3 fully saturated rings. The van der Waals surface area contributed by atoms with Crippen LogP contribution < -0.4 is 9.64 Å². The number of rotatable bonds is 4. The molecular weight excluding hydrogens is 696 g/mol. The minimum Gasteiger partial charge on any atom is -0.504 e. The topological polar surface area (TPSA) is 148 Å². The van der Waals surface area contributed by atoms with Gasteiger partial charge in [0.1, 0.15) is 11.5 Å². The molecule has 2 aromatic heterocycles. The standard InChI is InChI=1S/C37H33ClN4O8S/c1-16-21-13-18(38)7-11-27(21)51-31(16)24-15-28(40(3)39-24)41-33(45)23-14-22-19(8-9-20-29(22)34(46)42(32(20)44)36(48)50-5)30(37(23,2)35(41)47)17-6-10-25(43)26(12-17)49-4/h6-8,10-13,15,20,22-23,29-30,43H,9,14H2,1-5H3. The second kappa shape index (κ2) is 11.5. The zero-order chi connectivity index (χ0) is 36.3. The number of fused-ring (bicyclic) bond motifs is 5. The van der Waals surface area contributed by atoms with Crippen molar-refractivity contribution >= 4 is 68.6 Å². The van der Waals surface area contributed by atoms with Crippen molar-refractivity contribution in [3.8, 4) is 22.1 Å². The number of carbonyl (C=O) groups excluding carboxylic acids is 5. The van der Waals surface area contributed by atoms with Crippen LogP contribution in [0.2, 0.25) is 5.02 Å².